The Kier molecular flexibility index (Phi) is 5.79. The summed E-state index contributed by atoms with van der Waals surface area (Å²) in [6.45, 7) is 0.485. The number of alkyl halides is 3. The van der Waals surface area contributed by atoms with Crippen molar-refractivity contribution in [2.75, 3.05) is 6.54 Å². The van der Waals surface area contributed by atoms with E-state index in [9.17, 15) is 22.8 Å². The predicted molar refractivity (Wildman–Crippen MR) is 108 cm³/mol. The molecule has 32 heavy (non-hydrogen) atoms. The maximum absolute atomic E-state index is 12.6. The van der Waals surface area contributed by atoms with Gasteiger partial charge in [0.05, 0.1) is 11.4 Å². The number of rotatable bonds is 5. The molecule has 0 fully saturated rings. The van der Waals surface area contributed by atoms with E-state index in [1.54, 1.807) is 12.3 Å². The van der Waals surface area contributed by atoms with Crippen LogP contribution in [0.4, 0.5) is 13.2 Å². The molecule has 1 aromatic carbocycles. The molecule has 0 radical (unpaired) electrons. The monoisotopic (exact) mass is 444 g/mol. The summed E-state index contributed by atoms with van der Waals surface area (Å²) >= 11 is 0. The number of ether oxygens (including phenoxy) is 1. The third-order valence-electron chi connectivity index (χ3n) is 5.22. The molecule has 1 aliphatic carbocycles. The van der Waals surface area contributed by atoms with Crippen molar-refractivity contribution in [1.29, 1.82) is 0 Å². The van der Waals surface area contributed by atoms with Gasteiger partial charge in [-0.05, 0) is 37.4 Å². The van der Waals surface area contributed by atoms with Crippen LogP contribution in [0.25, 0.3) is 22.5 Å². The Balaban J connectivity index is 1.80. The number of fused-ring (bicyclic) bond motifs is 3. The van der Waals surface area contributed by atoms with Gasteiger partial charge in [0.25, 0.3) is 0 Å². The van der Waals surface area contributed by atoms with Gasteiger partial charge in [0.2, 0.25) is 0 Å². The molecule has 2 N–H and O–H groups in total. The van der Waals surface area contributed by atoms with E-state index in [0.717, 1.165) is 22.4 Å². The Bertz CT molecular complexity index is 1170. The fourth-order valence-electron chi connectivity index (χ4n) is 3.84. The average molecular weight is 444 g/mol. The van der Waals surface area contributed by atoms with Crippen LogP contribution in [-0.4, -0.2) is 39.4 Å². The van der Waals surface area contributed by atoms with E-state index in [4.69, 9.17) is 5.73 Å². The van der Waals surface area contributed by atoms with Crippen molar-refractivity contribution in [3.8, 4) is 22.5 Å². The summed E-state index contributed by atoms with van der Waals surface area (Å²) in [4.78, 5) is 28.3. The minimum absolute atomic E-state index is 0.158. The van der Waals surface area contributed by atoms with Gasteiger partial charge < -0.3 is 10.5 Å². The molecule has 0 atom stereocenters. The molecule has 2 aromatic heterocycles. The number of hydrogen-bond donors (Lipinski definition) is 1. The van der Waals surface area contributed by atoms with Gasteiger partial charge in [-0.2, -0.15) is 18.3 Å². The summed E-state index contributed by atoms with van der Waals surface area (Å²) in [6.07, 6.45) is -2.38. The Morgan fingerprint density at radius 1 is 1.06 bits per heavy atom. The highest BCUT2D eigenvalue weighted by Crippen LogP contribution is 2.38. The fraction of sp³-hybridized carbons (Fsp3) is 0.273. The molecule has 4 rings (SSSR count). The Morgan fingerprint density at radius 3 is 2.47 bits per heavy atom. The molecule has 3 aromatic rings. The highest BCUT2D eigenvalue weighted by atomic mass is 19.4. The number of carbonyl (C=O) groups excluding carboxylic acids is 2. The summed E-state index contributed by atoms with van der Waals surface area (Å²) < 4.78 is 43.3. The molecule has 7 nitrogen and oxygen atoms in total. The standard InChI is InChI=1S/C22H19F3N4O3/c23-22(24,25)21(31)32-20(30)19-16-8-7-14-15(18(16)28-29(19)12-4-10-26)9-11-27-17(14)13-5-2-1-3-6-13/h1-3,5-6,9,11H,4,7-8,10,12,26H2. The molecule has 10 heteroatoms. The smallest absolute Gasteiger partial charge is 0.381 e. The largest absolute Gasteiger partial charge is 0.491 e. The average Bonchev–Trinajstić information content (AvgIpc) is 3.16. The maximum atomic E-state index is 12.6. The molecule has 2 heterocycles. The number of hydrogen-bond acceptors (Lipinski definition) is 6. The Morgan fingerprint density at radius 2 is 1.78 bits per heavy atom. The number of nitrogens with zero attached hydrogens (tertiary/aromatic N) is 3. The maximum Gasteiger partial charge on any atom is 0.491 e. The summed E-state index contributed by atoms with van der Waals surface area (Å²) in [5.74, 6) is -3.94. The van der Waals surface area contributed by atoms with Crippen LogP contribution in [0.15, 0.2) is 42.6 Å². The second-order valence-electron chi connectivity index (χ2n) is 7.27. The summed E-state index contributed by atoms with van der Waals surface area (Å²) in [5, 5.41) is 4.49. The first-order chi connectivity index (χ1) is 15.3. The van der Waals surface area contributed by atoms with Crippen molar-refractivity contribution in [2.24, 2.45) is 5.73 Å². The van der Waals surface area contributed by atoms with E-state index in [1.165, 1.54) is 4.68 Å². The molecule has 166 valence electrons. The summed E-state index contributed by atoms with van der Waals surface area (Å²) in [5.41, 5.74) is 9.68. The normalized spacial score (nSPS) is 12.8. The molecule has 0 unspecified atom stereocenters. The van der Waals surface area contributed by atoms with Crippen LogP contribution in [0.5, 0.6) is 0 Å². The molecule has 0 saturated heterocycles. The lowest BCUT2D eigenvalue weighted by Crippen LogP contribution is -2.29. The number of benzene rings is 1. The van der Waals surface area contributed by atoms with E-state index in [0.29, 0.717) is 37.1 Å². The number of esters is 2. The van der Waals surface area contributed by atoms with Gasteiger partial charge in [0.1, 0.15) is 0 Å². The third kappa shape index (κ3) is 4.01. The van der Waals surface area contributed by atoms with Crippen LogP contribution in [-0.2, 0) is 28.9 Å². The van der Waals surface area contributed by atoms with Crippen molar-refractivity contribution in [3.05, 3.63) is 59.4 Å². The first-order valence-corrected chi connectivity index (χ1v) is 9.98. The van der Waals surface area contributed by atoms with Gasteiger partial charge in [0, 0.05) is 29.4 Å². The van der Waals surface area contributed by atoms with Crippen molar-refractivity contribution < 1.29 is 27.5 Å². The van der Waals surface area contributed by atoms with E-state index in [1.807, 2.05) is 30.3 Å². The zero-order valence-corrected chi connectivity index (χ0v) is 16.9. The molecule has 0 bridgehead atoms. The van der Waals surface area contributed by atoms with Gasteiger partial charge in [-0.25, -0.2) is 9.59 Å². The van der Waals surface area contributed by atoms with Crippen molar-refractivity contribution >= 4 is 11.9 Å². The Hall–Kier alpha value is -3.53. The summed E-state index contributed by atoms with van der Waals surface area (Å²) in [6, 6.07) is 11.3. The second kappa shape index (κ2) is 8.54. The van der Waals surface area contributed by atoms with Gasteiger partial charge >= 0.3 is 18.1 Å². The highest BCUT2D eigenvalue weighted by Gasteiger charge is 2.43. The van der Waals surface area contributed by atoms with E-state index < -0.39 is 18.1 Å². The minimum atomic E-state index is -5.28. The summed E-state index contributed by atoms with van der Waals surface area (Å²) in [7, 11) is 0. The minimum Gasteiger partial charge on any atom is -0.381 e. The number of aromatic nitrogens is 3. The first kappa shape index (κ1) is 21.7. The van der Waals surface area contributed by atoms with Crippen LogP contribution in [0, 0.1) is 0 Å². The fourth-order valence-corrected chi connectivity index (χ4v) is 3.84. The van der Waals surface area contributed by atoms with Crippen LogP contribution in [0.3, 0.4) is 0 Å². The van der Waals surface area contributed by atoms with Crippen LogP contribution in [0.2, 0.25) is 0 Å². The number of halogens is 3. The number of carbonyl (C=O) groups is 2. The quantitative estimate of drug-likeness (QED) is 0.479. The van der Waals surface area contributed by atoms with Crippen LogP contribution in [0.1, 0.15) is 28.0 Å². The number of nitrogens with two attached hydrogens (primary N) is 1. The number of aryl methyl sites for hydroxylation is 1. The molecule has 0 amide bonds. The third-order valence-corrected chi connectivity index (χ3v) is 5.22. The lowest BCUT2D eigenvalue weighted by molar-refractivity contribution is -0.193. The molecule has 0 aliphatic heterocycles. The number of pyridine rings is 1. The van der Waals surface area contributed by atoms with Crippen molar-refractivity contribution in [2.45, 2.75) is 32.0 Å². The Labute approximate surface area is 181 Å². The molecular formula is C22H19F3N4O3. The molecular weight excluding hydrogens is 425 g/mol. The topological polar surface area (TPSA) is 100 Å². The molecule has 0 spiro atoms. The molecule has 1 aliphatic rings. The van der Waals surface area contributed by atoms with Crippen molar-refractivity contribution in [3.63, 3.8) is 0 Å². The highest BCUT2D eigenvalue weighted by molar-refractivity contribution is 5.99. The van der Waals surface area contributed by atoms with Gasteiger partial charge in [-0.15, -0.1) is 0 Å². The van der Waals surface area contributed by atoms with Crippen molar-refractivity contribution in [1.82, 2.24) is 14.8 Å². The van der Waals surface area contributed by atoms with Crippen LogP contribution >= 0.6 is 0 Å². The van der Waals surface area contributed by atoms with E-state index in [2.05, 4.69) is 14.8 Å². The zero-order valence-electron chi connectivity index (χ0n) is 16.9. The molecule has 0 saturated carbocycles. The van der Waals surface area contributed by atoms with E-state index >= 15 is 0 Å². The van der Waals surface area contributed by atoms with Gasteiger partial charge in [-0.3, -0.25) is 9.67 Å². The van der Waals surface area contributed by atoms with Crippen LogP contribution < -0.4 is 5.73 Å². The lowest BCUT2D eigenvalue weighted by Gasteiger charge is -2.18. The predicted octanol–water partition coefficient (Wildman–Crippen LogP) is 3.31. The van der Waals surface area contributed by atoms with Gasteiger partial charge in [0.15, 0.2) is 5.69 Å². The van der Waals surface area contributed by atoms with Gasteiger partial charge in [-0.1, -0.05) is 30.3 Å². The first-order valence-electron chi connectivity index (χ1n) is 9.98. The zero-order chi connectivity index (χ0) is 22.9. The SMILES string of the molecule is NCCCn1nc2c(c1C(=O)OC(=O)C(F)(F)F)CCc1c-2ccnc1-c1ccccc1. The second-order valence-corrected chi connectivity index (χ2v) is 7.27. The lowest BCUT2D eigenvalue weighted by atomic mass is 9.87. The van der Waals surface area contributed by atoms with E-state index in [-0.39, 0.29) is 12.2 Å².